The van der Waals surface area contributed by atoms with Crippen LogP contribution in [0.1, 0.15) is 44.0 Å². The summed E-state index contributed by atoms with van der Waals surface area (Å²) in [5.41, 5.74) is 7.58. The molecule has 0 radical (unpaired) electrons. The molecule has 4 atom stereocenters. The summed E-state index contributed by atoms with van der Waals surface area (Å²) in [5, 5.41) is 11.0. The van der Waals surface area contributed by atoms with E-state index in [2.05, 4.69) is 38.4 Å². The molecule has 0 bridgehead atoms. The summed E-state index contributed by atoms with van der Waals surface area (Å²) in [4.78, 5) is 23.5. The van der Waals surface area contributed by atoms with Gasteiger partial charge in [0.2, 0.25) is 5.91 Å². The van der Waals surface area contributed by atoms with Gasteiger partial charge in [0.1, 0.15) is 5.69 Å². The van der Waals surface area contributed by atoms with Crippen molar-refractivity contribution in [3.63, 3.8) is 0 Å². The van der Waals surface area contributed by atoms with Crippen molar-refractivity contribution in [1.82, 2.24) is 25.1 Å². The van der Waals surface area contributed by atoms with Crippen LogP contribution < -0.4 is 5.32 Å². The van der Waals surface area contributed by atoms with Crippen molar-refractivity contribution in [3.8, 4) is 11.5 Å². The summed E-state index contributed by atoms with van der Waals surface area (Å²) in [5.74, 6) is 1.56. The molecule has 1 amide bonds. The number of hydrogen-bond acceptors (Lipinski definition) is 5. The predicted octanol–water partition coefficient (Wildman–Crippen LogP) is 3.43. The lowest BCUT2D eigenvalue weighted by Crippen LogP contribution is -2.50. The van der Waals surface area contributed by atoms with Crippen molar-refractivity contribution in [3.05, 3.63) is 29.0 Å². The van der Waals surface area contributed by atoms with Crippen LogP contribution in [0.5, 0.6) is 0 Å². The third-order valence-corrected chi connectivity index (χ3v) is 8.03. The molecule has 3 aromatic rings. The Morgan fingerprint density at radius 3 is 3.06 bits per heavy atom. The number of H-pyrrole nitrogens is 2. The lowest BCUT2D eigenvalue weighted by atomic mass is 9.88. The minimum atomic E-state index is -0.218. The Morgan fingerprint density at radius 2 is 2.24 bits per heavy atom. The molecule has 1 saturated heterocycles. The second kappa shape index (κ2) is 7.40. The van der Waals surface area contributed by atoms with E-state index in [1.54, 1.807) is 0 Å². The highest BCUT2D eigenvalue weighted by molar-refractivity contribution is 5.97. The van der Waals surface area contributed by atoms with Gasteiger partial charge in [0.25, 0.3) is 0 Å². The number of aromatic nitrogens is 4. The van der Waals surface area contributed by atoms with Crippen LogP contribution >= 0.6 is 0 Å². The molecule has 8 nitrogen and oxygen atoms in total. The molecular formula is C25H32N6O2. The standard InChI is InChI=1S/C25H32N6O2/c1-13-7-19-20(9-18(13)28-24(32)15(3)31-5-6-33-14(2)12-31)27-23(26-19)22-17-8-16-10-25(16,4)11-21(17)29-30-22/h7,9,14-16H,5-6,8,10-12H2,1-4H3,(H,26,27)(H,28,32)(H,29,30)/t14?,15?,16-,25-/m1/s1. The normalized spacial score (nSPS) is 27.8. The lowest BCUT2D eigenvalue weighted by Gasteiger charge is -2.34. The second-order valence-electron chi connectivity index (χ2n) is 10.6. The topological polar surface area (TPSA) is 98.9 Å². The Morgan fingerprint density at radius 1 is 1.39 bits per heavy atom. The quantitative estimate of drug-likeness (QED) is 0.568. The number of fused-ring (bicyclic) bond motifs is 3. The van der Waals surface area contributed by atoms with Gasteiger partial charge in [0.05, 0.1) is 29.8 Å². The molecule has 33 heavy (non-hydrogen) atoms. The summed E-state index contributed by atoms with van der Waals surface area (Å²) < 4.78 is 5.61. The maximum atomic E-state index is 13.0. The van der Waals surface area contributed by atoms with E-state index in [1.165, 1.54) is 17.7 Å². The van der Waals surface area contributed by atoms with Crippen molar-refractivity contribution in [2.75, 3.05) is 25.0 Å². The largest absolute Gasteiger partial charge is 0.376 e. The summed E-state index contributed by atoms with van der Waals surface area (Å²) in [6.45, 7) is 10.6. The van der Waals surface area contributed by atoms with Crippen LogP contribution in [-0.4, -0.2) is 62.8 Å². The zero-order chi connectivity index (χ0) is 22.9. The van der Waals surface area contributed by atoms with Gasteiger partial charge in [-0.1, -0.05) is 6.92 Å². The highest BCUT2D eigenvalue weighted by atomic mass is 16.5. The number of nitrogens with zero attached hydrogens (tertiary/aromatic N) is 3. The number of hydrogen-bond donors (Lipinski definition) is 3. The monoisotopic (exact) mass is 448 g/mol. The number of carbonyl (C=O) groups excluding carboxylic acids is 1. The van der Waals surface area contributed by atoms with Gasteiger partial charge in [-0.15, -0.1) is 0 Å². The summed E-state index contributed by atoms with van der Waals surface area (Å²) in [7, 11) is 0. The number of anilines is 1. The van der Waals surface area contributed by atoms with Crippen LogP contribution in [0.15, 0.2) is 12.1 Å². The van der Waals surface area contributed by atoms with Crippen molar-refractivity contribution in [1.29, 1.82) is 0 Å². The first-order chi connectivity index (χ1) is 15.8. The van der Waals surface area contributed by atoms with Crippen molar-refractivity contribution >= 4 is 22.6 Å². The smallest absolute Gasteiger partial charge is 0.241 e. The minimum Gasteiger partial charge on any atom is -0.376 e. The molecule has 2 fully saturated rings. The highest BCUT2D eigenvalue weighted by Crippen LogP contribution is 2.59. The average molecular weight is 449 g/mol. The van der Waals surface area contributed by atoms with E-state index in [1.807, 2.05) is 26.8 Å². The zero-order valence-corrected chi connectivity index (χ0v) is 19.8. The molecule has 1 aromatic carbocycles. The van der Waals surface area contributed by atoms with Crippen LogP contribution in [0, 0.1) is 18.3 Å². The first-order valence-electron chi connectivity index (χ1n) is 12.0. The molecule has 1 saturated carbocycles. The van der Waals surface area contributed by atoms with Gasteiger partial charge in [0, 0.05) is 30.0 Å². The molecule has 2 aromatic heterocycles. The van der Waals surface area contributed by atoms with Gasteiger partial charge in [0.15, 0.2) is 5.82 Å². The molecule has 3 aliphatic rings. The van der Waals surface area contributed by atoms with Crippen molar-refractivity contribution in [2.24, 2.45) is 11.3 Å². The van der Waals surface area contributed by atoms with E-state index in [4.69, 9.17) is 9.72 Å². The van der Waals surface area contributed by atoms with E-state index in [9.17, 15) is 4.79 Å². The number of amides is 1. The maximum Gasteiger partial charge on any atom is 0.241 e. The lowest BCUT2D eigenvalue weighted by molar-refractivity contribution is -0.123. The van der Waals surface area contributed by atoms with E-state index >= 15 is 0 Å². The van der Waals surface area contributed by atoms with E-state index in [-0.39, 0.29) is 18.1 Å². The molecule has 2 aliphatic carbocycles. The molecule has 1 aliphatic heterocycles. The van der Waals surface area contributed by atoms with Crippen LogP contribution in [0.25, 0.3) is 22.6 Å². The molecule has 6 rings (SSSR count). The molecular weight excluding hydrogens is 416 g/mol. The number of benzene rings is 1. The van der Waals surface area contributed by atoms with Crippen LogP contribution in [0.4, 0.5) is 5.69 Å². The fraction of sp³-hybridized carbons (Fsp3) is 0.560. The summed E-state index contributed by atoms with van der Waals surface area (Å²) in [6, 6.07) is 3.80. The van der Waals surface area contributed by atoms with E-state index < -0.39 is 0 Å². The summed E-state index contributed by atoms with van der Waals surface area (Å²) >= 11 is 0. The van der Waals surface area contributed by atoms with Crippen molar-refractivity contribution in [2.45, 2.75) is 59.1 Å². The third-order valence-electron chi connectivity index (χ3n) is 8.03. The summed E-state index contributed by atoms with van der Waals surface area (Å²) in [6.07, 6.45) is 3.61. The number of imidazole rings is 1. The van der Waals surface area contributed by atoms with Gasteiger partial charge in [-0.2, -0.15) is 5.10 Å². The number of nitrogens with one attached hydrogen (secondary N) is 3. The fourth-order valence-corrected chi connectivity index (χ4v) is 5.66. The molecule has 174 valence electrons. The van der Waals surface area contributed by atoms with Gasteiger partial charge in [-0.25, -0.2) is 4.98 Å². The molecule has 8 heteroatoms. The third kappa shape index (κ3) is 3.56. The predicted molar refractivity (Wildman–Crippen MR) is 127 cm³/mol. The van der Waals surface area contributed by atoms with Crippen LogP contribution in [-0.2, 0) is 22.4 Å². The van der Waals surface area contributed by atoms with Crippen LogP contribution in [0.3, 0.4) is 0 Å². The number of aryl methyl sites for hydroxylation is 1. The second-order valence-corrected chi connectivity index (χ2v) is 10.6. The number of rotatable bonds is 4. The molecule has 0 spiro atoms. The van der Waals surface area contributed by atoms with Crippen LogP contribution in [0.2, 0.25) is 0 Å². The SMILES string of the molecule is Cc1cc2[nH]c(-c3n[nH]c4c3C[C@@H]3C[C@]3(C)C4)nc2cc1NC(=O)C(C)N1CCOC(C)C1. The molecule has 3 N–H and O–H groups in total. The average Bonchev–Trinajstić information content (AvgIpc) is 3.06. The maximum absolute atomic E-state index is 13.0. The van der Waals surface area contributed by atoms with Gasteiger partial charge in [-0.3, -0.25) is 14.8 Å². The highest BCUT2D eigenvalue weighted by Gasteiger charge is 2.53. The number of aromatic amines is 2. The van der Waals surface area contributed by atoms with Gasteiger partial charge in [-0.05, 0) is 69.1 Å². The Hall–Kier alpha value is -2.71. The van der Waals surface area contributed by atoms with Gasteiger partial charge >= 0.3 is 0 Å². The Bertz CT molecular complexity index is 1250. The first-order valence-corrected chi connectivity index (χ1v) is 12.0. The van der Waals surface area contributed by atoms with Crippen molar-refractivity contribution < 1.29 is 9.53 Å². The van der Waals surface area contributed by atoms with Gasteiger partial charge < -0.3 is 15.0 Å². The zero-order valence-electron chi connectivity index (χ0n) is 19.8. The van der Waals surface area contributed by atoms with E-state index in [0.717, 1.165) is 65.7 Å². The Labute approximate surface area is 193 Å². The molecule has 2 unspecified atom stereocenters. The Kier molecular flexibility index (Phi) is 4.68. The number of morpholine rings is 1. The molecule has 3 heterocycles. The number of carbonyl (C=O) groups is 1. The van der Waals surface area contributed by atoms with E-state index in [0.29, 0.717) is 12.0 Å². The number of ether oxygens (including phenoxy) is 1. The minimum absolute atomic E-state index is 0.00355. The Balaban J connectivity index is 1.24. The fourth-order valence-electron chi connectivity index (χ4n) is 5.66. The first kappa shape index (κ1) is 20.9.